The van der Waals surface area contributed by atoms with Crippen LogP contribution in [0, 0.1) is 12.7 Å². The molecule has 6 nitrogen and oxygen atoms in total. The maximum Gasteiger partial charge on any atom is 0.257 e. The number of rotatable bonds is 3. The van der Waals surface area contributed by atoms with Gasteiger partial charge in [0, 0.05) is 31.2 Å². The molecule has 0 spiro atoms. The smallest absolute Gasteiger partial charge is 0.257 e. The number of carbonyl (C=O) groups is 1. The van der Waals surface area contributed by atoms with Crippen LogP contribution < -0.4 is 10.6 Å². The SMILES string of the molecule is Cc1cn2cc(C(=O)Nc3ccc(C4CNCCO4)cc3)cc(F)c2n1. The van der Waals surface area contributed by atoms with Gasteiger partial charge in [-0.05, 0) is 30.7 Å². The molecule has 0 bridgehead atoms. The van der Waals surface area contributed by atoms with Gasteiger partial charge in [0.2, 0.25) is 0 Å². The van der Waals surface area contributed by atoms with Crippen LogP contribution in [0.2, 0.25) is 0 Å². The van der Waals surface area contributed by atoms with Crippen molar-refractivity contribution in [2.24, 2.45) is 0 Å². The summed E-state index contributed by atoms with van der Waals surface area (Å²) in [5.41, 5.74) is 2.83. The molecule has 1 aliphatic heterocycles. The summed E-state index contributed by atoms with van der Waals surface area (Å²) in [6.07, 6.45) is 3.28. The zero-order valence-electron chi connectivity index (χ0n) is 14.3. The van der Waals surface area contributed by atoms with E-state index < -0.39 is 5.82 Å². The van der Waals surface area contributed by atoms with Crippen LogP contribution in [0.15, 0.2) is 42.7 Å². The molecule has 134 valence electrons. The van der Waals surface area contributed by atoms with Crippen LogP contribution in [0.3, 0.4) is 0 Å². The Hall–Kier alpha value is -2.77. The van der Waals surface area contributed by atoms with Crippen molar-refractivity contribution in [2.75, 3.05) is 25.0 Å². The molecule has 1 aliphatic rings. The lowest BCUT2D eigenvalue weighted by molar-refractivity contribution is 0.0277. The molecule has 7 heteroatoms. The average molecular weight is 354 g/mol. The molecule has 2 aromatic heterocycles. The van der Waals surface area contributed by atoms with Crippen LogP contribution in [-0.2, 0) is 4.74 Å². The summed E-state index contributed by atoms with van der Waals surface area (Å²) in [7, 11) is 0. The van der Waals surface area contributed by atoms with E-state index in [0.717, 1.165) is 18.7 Å². The van der Waals surface area contributed by atoms with Gasteiger partial charge >= 0.3 is 0 Å². The maximum absolute atomic E-state index is 14.1. The molecule has 3 aromatic rings. The third kappa shape index (κ3) is 3.31. The molecule has 0 saturated carbocycles. The number of aryl methyl sites for hydroxylation is 1. The van der Waals surface area contributed by atoms with Crippen molar-refractivity contribution < 1.29 is 13.9 Å². The lowest BCUT2D eigenvalue weighted by Gasteiger charge is -2.24. The molecule has 1 amide bonds. The lowest BCUT2D eigenvalue weighted by Crippen LogP contribution is -2.33. The molecular weight excluding hydrogens is 335 g/mol. The van der Waals surface area contributed by atoms with Gasteiger partial charge in [-0.3, -0.25) is 4.79 Å². The molecule has 1 unspecified atom stereocenters. The quantitative estimate of drug-likeness (QED) is 0.759. The fourth-order valence-electron chi connectivity index (χ4n) is 3.07. The normalized spacial score (nSPS) is 17.4. The third-order valence-corrected chi connectivity index (χ3v) is 4.36. The summed E-state index contributed by atoms with van der Waals surface area (Å²) < 4.78 is 21.4. The van der Waals surface area contributed by atoms with Crippen LogP contribution in [0.25, 0.3) is 5.65 Å². The minimum atomic E-state index is -0.525. The second-order valence-corrected chi connectivity index (χ2v) is 6.33. The van der Waals surface area contributed by atoms with Crippen LogP contribution in [0.5, 0.6) is 0 Å². The number of nitrogens with zero attached hydrogens (tertiary/aromatic N) is 2. The van der Waals surface area contributed by atoms with Gasteiger partial charge in [-0.25, -0.2) is 9.37 Å². The topological polar surface area (TPSA) is 67.7 Å². The molecule has 4 rings (SSSR count). The number of hydrogen-bond acceptors (Lipinski definition) is 4. The molecule has 1 atom stereocenters. The summed E-state index contributed by atoms with van der Waals surface area (Å²) in [4.78, 5) is 16.5. The van der Waals surface area contributed by atoms with E-state index in [2.05, 4.69) is 15.6 Å². The summed E-state index contributed by atoms with van der Waals surface area (Å²) in [5, 5.41) is 6.08. The van der Waals surface area contributed by atoms with E-state index in [1.807, 2.05) is 24.3 Å². The largest absolute Gasteiger partial charge is 0.371 e. The molecule has 1 aromatic carbocycles. The Kier molecular flexibility index (Phi) is 4.40. The molecule has 1 saturated heterocycles. The van der Waals surface area contributed by atoms with E-state index in [1.54, 1.807) is 19.3 Å². The van der Waals surface area contributed by atoms with E-state index in [1.165, 1.54) is 10.5 Å². The Balaban J connectivity index is 1.50. The number of fused-ring (bicyclic) bond motifs is 1. The predicted molar refractivity (Wildman–Crippen MR) is 95.8 cm³/mol. The predicted octanol–water partition coefficient (Wildman–Crippen LogP) is 2.70. The monoisotopic (exact) mass is 354 g/mol. The zero-order valence-corrected chi connectivity index (χ0v) is 14.3. The Morgan fingerprint density at radius 3 is 2.88 bits per heavy atom. The highest BCUT2D eigenvalue weighted by atomic mass is 19.1. The van der Waals surface area contributed by atoms with Gasteiger partial charge < -0.3 is 19.8 Å². The standard InChI is InChI=1S/C19H19FN4O2/c1-12-10-24-11-14(8-16(20)18(24)22-12)19(25)23-15-4-2-13(3-5-15)17-9-21-6-7-26-17/h2-5,8,10-11,17,21H,6-7,9H2,1H3,(H,23,25). The first-order chi connectivity index (χ1) is 12.6. The van der Waals surface area contributed by atoms with Gasteiger partial charge in [0.15, 0.2) is 11.5 Å². The third-order valence-electron chi connectivity index (χ3n) is 4.36. The number of carbonyl (C=O) groups excluding carboxylic acids is 1. The summed E-state index contributed by atoms with van der Waals surface area (Å²) in [6, 6.07) is 8.70. The first-order valence-electron chi connectivity index (χ1n) is 8.48. The fraction of sp³-hybridized carbons (Fsp3) is 0.263. The zero-order chi connectivity index (χ0) is 18.1. The van der Waals surface area contributed by atoms with E-state index in [9.17, 15) is 9.18 Å². The van der Waals surface area contributed by atoms with Gasteiger partial charge in [-0.1, -0.05) is 12.1 Å². The molecule has 0 aliphatic carbocycles. The average Bonchev–Trinajstić information content (AvgIpc) is 3.04. The molecule has 3 heterocycles. The van der Waals surface area contributed by atoms with Gasteiger partial charge in [0.1, 0.15) is 0 Å². The number of aromatic nitrogens is 2. The number of morpholine rings is 1. The number of benzene rings is 1. The highest BCUT2D eigenvalue weighted by molar-refractivity contribution is 6.04. The van der Waals surface area contributed by atoms with Crippen LogP contribution in [0.1, 0.15) is 27.7 Å². The maximum atomic E-state index is 14.1. The summed E-state index contributed by atoms with van der Waals surface area (Å²) in [6.45, 7) is 4.10. The van der Waals surface area contributed by atoms with Crippen molar-refractivity contribution in [3.05, 3.63) is 65.4 Å². The molecular formula is C19H19FN4O2. The summed E-state index contributed by atoms with van der Waals surface area (Å²) in [5.74, 6) is -0.900. The molecule has 1 fully saturated rings. The van der Waals surface area contributed by atoms with Crippen LogP contribution in [-0.4, -0.2) is 35.0 Å². The van der Waals surface area contributed by atoms with Gasteiger partial charge in [-0.15, -0.1) is 0 Å². The molecule has 2 N–H and O–H groups in total. The number of nitrogens with one attached hydrogen (secondary N) is 2. The van der Waals surface area contributed by atoms with Crippen LogP contribution >= 0.6 is 0 Å². The Morgan fingerprint density at radius 1 is 1.35 bits per heavy atom. The molecule has 26 heavy (non-hydrogen) atoms. The Labute approximate surface area is 150 Å². The van der Waals surface area contributed by atoms with Gasteiger partial charge in [0.05, 0.1) is 24.0 Å². The lowest BCUT2D eigenvalue weighted by atomic mass is 10.1. The number of imidazole rings is 1. The number of anilines is 1. The van der Waals surface area contributed by atoms with Crippen molar-refractivity contribution in [2.45, 2.75) is 13.0 Å². The minimum absolute atomic E-state index is 0.0227. The number of ether oxygens (including phenoxy) is 1. The highest BCUT2D eigenvalue weighted by Crippen LogP contribution is 2.21. The van der Waals surface area contributed by atoms with Crippen molar-refractivity contribution in [3.8, 4) is 0 Å². The van der Waals surface area contributed by atoms with Crippen molar-refractivity contribution in [1.29, 1.82) is 0 Å². The molecule has 0 radical (unpaired) electrons. The number of halogens is 1. The van der Waals surface area contributed by atoms with E-state index >= 15 is 0 Å². The van der Waals surface area contributed by atoms with Crippen molar-refractivity contribution in [3.63, 3.8) is 0 Å². The number of amides is 1. The van der Waals surface area contributed by atoms with Crippen molar-refractivity contribution >= 4 is 17.2 Å². The van der Waals surface area contributed by atoms with E-state index in [0.29, 0.717) is 18.0 Å². The van der Waals surface area contributed by atoms with Crippen molar-refractivity contribution in [1.82, 2.24) is 14.7 Å². The minimum Gasteiger partial charge on any atom is -0.371 e. The fourth-order valence-corrected chi connectivity index (χ4v) is 3.07. The second-order valence-electron chi connectivity index (χ2n) is 6.33. The Bertz CT molecular complexity index is 946. The number of hydrogen-bond donors (Lipinski definition) is 2. The first kappa shape index (κ1) is 16.7. The van der Waals surface area contributed by atoms with E-state index in [4.69, 9.17) is 4.74 Å². The van der Waals surface area contributed by atoms with E-state index in [-0.39, 0.29) is 23.2 Å². The van der Waals surface area contributed by atoms with Gasteiger partial charge in [-0.2, -0.15) is 0 Å². The highest BCUT2D eigenvalue weighted by Gasteiger charge is 2.16. The summed E-state index contributed by atoms with van der Waals surface area (Å²) >= 11 is 0. The second kappa shape index (κ2) is 6.86. The van der Waals surface area contributed by atoms with Crippen LogP contribution in [0.4, 0.5) is 10.1 Å². The first-order valence-corrected chi connectivity index (χ1v) is 8.48. The Morgan fingerprint density at radius 2 is 2.15 bits per heavy atom. The number of pyridine rings is 1. The van der Waals surface area contributed by atoms with Gasteiger partial charge in [0.25, 0.3) is 5.91 Å².